The first-order chi connectivity index (χ1) is 13.3. The van der Waals surface area contributed by atoms with Gasteiger partial charge in [0.2, 0.25) is 0 Å². The number of amides is 2. The molecule has 1 atom stereocenters. The molecule has 144 valence electrons. The third-order valence-electron chi connectivity index (χ3n) is 3.98. The molecule has 6 nitrogen and oxygen atoms in total. The van der Waals surface area contributed by atoms with Crippen LogP contribution in [0.5, 0.6) is 5.75 Å². The summed E-state index contributed by atoms with van der Waals surface area (Å²) in [6.07, 6.45) is 0.492. The third kappa shape index (κ3) is 4.55. The summed E-state index contributed by atoms with van der Waals surface area (Å²) < 4.78 is 5.44. The minimum Gasteiger partial charge on any atom is -0.479 e. The fourth-order valence-corrected chi connectivity index (χ4v) is 3.45. The summed E-state index contributed by atoms with van der Waals surface area (Å²) in [5, 5.41) is 9.23. The van der Waals surface area contributed by atoms with Gasteiger partial charge in [-0.3, -0.25) is 14.5 Å². The predicted molar refractivity (Wildman–Crippen MR) is 107 cm³/mol. The quantitative estimate of drug-likeness (QED) is 0.700. The Balaban J connectivity index is 1.82. The van der Waals surface area contributed by atoms with Gasteiger partial charge in [-0.25, -0.2) is 4.79 Å². The van der Waals surface area contributed by atoms with Gasteiger partial charge in [0.05, 0.1) is 11.4 Å². The molecule has 0 aromatic heterocycles. The average Bonchev–Trinajstić information content (AvgIpc) is 2.92. The van der Waals surface area contributed by atoms with Crippen LogP contribution in [0.1, 0.15) is 18.1 Å². The Kier molecular flexibility index (Phi) is 6.06. The second-order valence-corrected chi connectivity index (χ2v) is 7.46. The van der Waals surface area contributed by atoms with Crippen molar-refractivity contribution in [3.05, 3.63) is 69.6 Å². The van der Waals surface area contributed by atoms with Crippen molar-refractivity contribution in [1.82, 2.24) is 4.90 Å². The van der Waals surface area contributed by atoms with Gasteiger partial charge in [-0.15, -0.1) is 0 Å². The highest BCUT2D eigenvalue weighted by Crippen LogP contribution is 2.35. The molecule has 2 aromatic rings. The third-order valence-corrected chi connectivity index (χ3v) is 5.14. The number of hydrogen-bond acceptors (Lipinski definition) is 5. The van der Waals surface area contributed by atoms with Crippen LogP contribution in [-0.4, -0.2) is 33.2 Å². The van der Waals surface area contributed by atoms with E-state index in [0.29, 0.717) is 16.3 Å². The molecule has 2 aromatic carbocycles. The second-order valence-electron chi connectivity index (χ2n) is 6.03. The highest BCUT2D eigenvalue weighted by Gasteiger charge is 2.35. The molecular weight excluding hydrogens is 402 g/mol. The Labute approximate surface area is 170 Å². The normalized spacial score (nSPS) is 16.5. The Morgan fingerprint density at radius 1 is 1.21 bits per heavy atom. The summed E-state index contributed by atoms with van der Waals surface area (Å²) in [7, 11) is 0. The van der Waals surface area contributed by atoms with E-state index in [2.05, 4.69) is 0 Å². The predicted octanol–water partition coefficient (Wildman–Crippen LogP) is 4.43. The van der Waals surface area contributed by atoms with Gasteiger partial charge in [0, 0.05) is 10.6 Å². The first kappa shape index (κ1) is 20.0. The number of hydrogen-bond donors (Lipinski definition) is 1. The Bertz CT molecular complexity index is 957. The fourth-order valence-electron chi connectivity index (χ4n) is 2.50. The molecule has 28 heavy (non-hydrogen) atoms. The zero-order chi connectivity index (χ0) is 20.3. The number of halogens is 1. The van der Waals surface area contributed by atoms with E-state index in [1.54, 1.807) is 48.5 Å². The molecule has 1 unspecified atom stereocenters. The summed E-state index contributed by atoms with van der Waals surface area (Å²) >= 11 is 6.69. The van der Waals surface area contributed by atoms with E-state index in [1.807, 2.05) is 0 Å². The molecule has 1 fully saturated rings. The number of carbonyl (C=O) groups excluding carboxylic acids is 2. The van der Waals surface area contributed by atoms with E-state index >= 15 is 0 Å². The van der Waals surface area contributed by atoms with Crippen LogP contribution >= 0.6 is 23.4 Å². The maximum atomic E-state index is 12.7. The van der Waals surface area contributed by atoms with Gasteiger partial charge in [-0.2, -0.15) is 0 Å². The lowest BCUT2D eigenvalue weighted by molar-refractivity contribution is -0.144. The van der Waals surface area contributed by atoms with Crippen molar-refractivity contribution in [2.75, 3.05) is 0 Å². The van der Waals surface area contributed by atoms with E-state index in [4.69, 9.17) is 21.4 Å². The number of benzene rings is 2. The summed E-state index contributed by atoms with van der Waals surface area (Å²) in [4.78, 5) is 37.4. The van der Waals surface area contributed by atoms with Crippen molar-refractivity contribution < 1.29 is 24.2 Å². The SMILES string of the molecule is CC(Oc1ccccc1/C=C1/SC(=O)N(Cc2ccc(Cl)cc2)C1=O)C(=O)O. The van der Waals surface area contributed by atoms with Crippen molar-refractivity contribution in [2.45, 2.75) is 19.6 Å². The Hall–Kier alpha value is -2.77. The number of rotatable bonds is 6. The molecular formula is C20H16ClNO5S. The van der Waals surface area contributed by atoms with Gasteiger partial charge >= 0.3 is 5.97 Å². The van der Waals surface area contributed by atoms with E-state index in [9.17, 15) is 14.4 Å². The molecule has 0 radical (unpaired) electrons. The number of ether oxygens (including phenoxy) is 1. The largest absolute Gasteiger partial charge is 0.479 e. The number of carbonyl (C=O) groups is 3. The van der Waals surface area contributed by atoms with Crippen LogP contribution in [0.4, 0.5) is 4.79 Å². The van der Waals surface area contributed by atoms with Crippen molar-refractivity contribution in [2.24, 2.45) is 0 Å². The zero-order valence-electron chi connectivity index (χ0n) is 14.8. The number of carboxylic acid groups (broad SMARTS) is 1. The maximum absolute atomic E-state index is 12.7. The molecule has 1 N–H and O–H groups in total. The second kappa shape index (κ2) is 8.50. The number of aliphatic carboxylic acids is 1. The first-order valence-electron chi connectivity index (χ1n) is 8.33. The van der Waals surface area contributed by atoms with Gasteiger partial charge in [0.1, 0.15) is 5.75 Å². The standard InChI is InChI=1S/C20H16ClNO5S/c1-12(19(24)25)27-16-5-3-2-4-14(16)10-17-18(23)22(20(26)28-17)11-13-6-8-15(21)9-7-13/h2-10,12H,11H2,1H3,(H,24,25)/b17-10+. The van der Waals surface area contributed by atoms with Crippen LogP contribution in [0.2, 0.25) is 5.02 Å². The van der Waals surface area contributed by atoms with Gasteiger partial charge < -0.3 is 9.84 Å². The molecule has 8 heteroatoms. The lowest BCUT2D eigenvalue weighted by atomic mass is 10.1. The molecule has 1 heterocycles. The van der Waals surface area contributed by atoms with E-state index in [1.165, 1.54) is 13.0 Å². The van der Waals surface area contributed by atoms with Crippen molar-refractivity contribution in [3.63, 3.8) is 0 Å². The van der Waals surface area contributed by atoms with Crippen LogP contribution in [-0.2, 0) is 16.1 Å². The maximum Gasteiger partial charge on any atom is 0.344 e. The lowest BCUT2D eigenvalue weighted by Gasteiger charge is -2.13. The molecule has 1 aliphatic rings. The Morgan fingerprint density at radius 2 is 1.89 bits per heavy atom. The minimum atomic E-state index is -1.10. The lowest BCUT2D eigenvalue weighted by Crippen LogP contribution is -2.27. The van der Waals surface area contributed by atoms with Crippen molar-refractivity contribution in [3.8, 4) is 5.75 Å². The monoisotopic (exact) mass is 417 g/mol. The van der Waals surface area contributed by atoms with E-state index in [-0.39, 0.29) is 16.7 Å². The Morgan fingerprint density at radius 3 is 2.57 bits per heavy atom. The molecule has 2 amide bonds. The van der Waals surface area contributed by atoms with Crippen LogP contribution in [0, 0.1) is 0 Å². The van der Waals surface area contributed by atoms with Crippen LogP contribution in [0.15, 0.2) is 53.4 Å². The molecule has 0 spiro atoms. The molecule has 1 aliphatic heterocycles. The molecule has 0 saturated carbocycles. The summed E-state index contributed by atoms with van der Waals surface area (Å²) in [5.74, 6) is -1.19. The van der Waals surface area contributed by atoms with E-state index < -0.39 is 18.0 Å². The number of nitrogens with zero attached hydrogens (tertiary/aromatic N) is 1. The van der Waals surface area contributed by atoms with Crippen molar-refractivity contribution >= 4 is 46.6 Å². The number of para-hydroxylation sites is 1. The molecule has 0 bridgehead atoms. The number of carboxylic acids is 1. The zero-order valence-corrected chi connectivity index (χ0v) is 16.4. The van der Waals surface area contributed by atoms with Crippen molar-refractivity contribution in [1.29, 1.82) is 0 Å². The molecule has 0 aliphatic carbocycles. The van der Waals surface area contributed by atoms with Crippen LogP contribution in [0.25, 0.3) is 6.08 Å². The number of imide groups is 1. The smallest absolute Gasteiger partial charge is 0.344 e. The summed E-state index contributed by atoms with van der Waals surface area (Å²) in [6, 6.07) is 13.7. The highest BCUT2D eigenvalue weighted by molar-refractivity contribution is 8.18. The molecule has 1 saturated heterocycles. The van der Waals surface area contributed by atoms with Crippen LogP contribution < -0.4 is 4.74 Å². The van der Waals surface area contributed by atoms with Gasteiger partial charge in [0.15, 0.2) is 6.10 Å². The van der Waals surface area contributed by atoms with Gasteiger partial charge in [0.25, 0.3) is 11.1 Å². The van der Waals surface area contributed by atoms with E-state index in [0.717, 1.165) is 22.2 Å². The molecule has 3 rings (SSSR count). The number of thioether (sulfide) groups is 1. The topological polar surface area (TPSA) is 83.9 Å². The first-order valence-corrected chi connectivity index (χ1v) is 9.53. The summed E-state index contributed by atoms with van der Waals surface area (Å²) in [6.45, 7) is 1.56. The minimum absolute atomic E-state index is 0.146. The highest BCUT2D eigenvalue weighted by atomic mass is 35.5. The van der Waals surface area contributed by atoms with Gasteiger partial charge in [-0.05, 0) is 48.5 Å². The van der Waals surface area contributed by atoms with Gasteiger partial charge in [-0.1, -0.05) is 41.9 Å². The van der Waals surface area contributed by atoms with Crippen LogP contribution in [0.3, 0.4) is 0 Å². The average molecular weight is 418 g/mol. The summed E-state index contributed by atoms with van der Waals surface area (Å²) in [5.41, 5.74) is 1.31. The fraction of sp³-hybridized carbons (Fsp3) is 0.150.